The number of non-ortho nitro benzene ring substituents is 1. The van der Waals surface area contributed by atoms with Crippen molar-refractivity contribution in [2.24, 2.45) is 46.3 Å². The number of rotatable bonds is 18. The molecule has 0 heterocycles. The number of carbonyl (C=O) groups is 2. The zero-order valence-electron chi connectivity index (χ0n) is 33.5. The number of nitro groups is 2. The zero-order chi connectivity index (χ0) is 41.8. The van der Waals surface area contributed by atoms with Crippen LogP contribution in [0.3, 0.4) is 0 Å². The lowest BCUT2D eigenvalue weighted by molar-refractivity contribution is -0.394. The molecule has 0 spiro atoms. The zero-order valence-corrected chi connectivity index (χ0v) is 35.1. The molecule has 4 fully saturated rings. The Morgan fingerprint density at radius 2 is 1.74 bits per heavy atom. The van der Waals surface area contributed by atoms with Crippen LogP contribution in [0, 0.1) is 66.6 Å². The number of aliphatic hydroxyl groups is 2. The fourth-order valence-corrected chi connectivity index (χ4v) is 13.2. The van der Waals surface area contributed by atoms with Crippen molar-refractivity contribution in [3.63, 3.8) is 0 Å². The highest BCUT2D eigenvalue weighted by atomic mass is 33.1. The Labute approximate surface area is 347 Å². The summed E-state index contributed by atoms with van der Waals surface area (Å²) in [5.41, 5.74) is -0.378. The van der Waals surface area contributed by atoms with E-state index in [1.165, 1.54) is 16.9 Å². The summed E-state index contributed by atoms with van der Waals surface area (Å²) in [6, 6.07) is 10.7. The molecule has 0 radical (unpaired) electrons. The Morgan fingerprint density at radius 3 is 2.45 bits per heavy atom. The highest BCUT2D eigenvalue weighted by molar-refractivity contribution is 8.76. The van der Waals surface area contributed by atoms with Crippen LogP contribution in [0.2, 0.25) is 0 Å². The van der Waals surface area contributed by atoms with Gasteiger partial charge in [-0.1, -0.05) is 54.5 Å². The molecule has 11 atom stereocenters. The van der Waals surface area contributed by atoms with Crippen LogP contribution in [0.4, 0.5) is 11.4 Å². The van der Waals surface area contributed by atoms with Crippen LogP contribution in [0.1, 0.15) is 90.5 Å². The number of aliphatic carboxylic acids is 1. The molecule has 0 bridgehead atoms. The van der Waals surface area contributed by atoms with Crippen LogP contribution in [0.25, 0.3) is 0 Å². The summed E-state index contributed by atoms with van der Waals surface area (Å²) >= 11 is 0. The Balaban J connectivity index is 0.883. The van der Waals surface area contributed by atoms with Crippen LogP contribution >= 0.6 is 21.6 Å². The van der Waals surface area contributed by atoms with Crippen molar-refractivity contribution < 1.29 is 44.2 Å². The van der Waals surface area contributed by atoms with Gasteiger partial charge in [0.25, 0.3) is 5.69 Å². The van der Waals surface area contributed by atoms with Gasteiger partial charge in [0.05, 0.1) is 40.8 Å². The van der Waals surface area contributed by atoms with Gasteiger partial charge in [-0.15, -0.1) is 0 Å². The molecule has 4 aliphatic carbocycles. The minimum atomic E-state index is -0.777. The van der Waals surface area contributed by atoms with Gasteiger partial charge < -0.3 is 30.1 Å². The molecule has 14 nitrogen and oxygen atoms in total. The molecule has 0 aromatic heterocycles. The van der Waals surface area contributed by atoms with E-state index in [4.69, 9.17) is 9.47 Å². The molecule has 0 unspecified atom stereocenters. The third-order valence-corrected chi connectivity index (χ3v) is 16.7. The van der Waals surface area contributed by atoms with Crippen LogP contribution < -0.4 is 10.1 Å². The second kappa shape index (κ2) is 18.9. The number of nitro benzene ring substituents is 2. The summed E-state index contributed by atoms with van der Waals surface area (Å²) in [7, 11) is 3.09. The summed E-state index contributed by atoms with van der Waals surface area (Å²) in [5, 5.41) is 58.1. The number of hydrogen-bond donors (Lipinski definition) is 4. The molecule has 2 aromatic carbocycles. The maximum Gasteiger partial charge on any atom is 0.317 e. The molecule has 2 aromatic rings. The number of benzene rings is 2. The molecule has 16 heteroatoms. The fourth-order valence-electron chi connectivity index (χ4n) is 11.3. The number of nitrogens with one attached hydrogen (secondary N) is 1. The molecule has 1 amide bonds. The van der Waals surface area contributed by atoms with Gasteiger partial charge in [-0.3, -0.25) is 29.8 Å². The maximum atomic E-state index is 12.6. The predicted octanol–water partition coefficient (Wildman–Crippen LogP) is 7.82. The first-order chi connectivity index (χ1) is 27.6. The average molecular weight is 844 g/mol. The SMILES string of the molecule is C[C@H](CCC(=O)O)[C@@H]1CC[C@H]2[C@@H]3[C@H](O)C[C@@H]4C[C@H](OCCNC(=O)CCSSc5ccc(COc6ccc([N+](=O)[O-])cc6[N+](=O)[O-])cc5)CC[C@]4(C)[C@H]3C[C@H](O)[C@@]21C. The number of fused-ring (bicyclic) bond motifs is 5. The molecule has 4 aliphatic rings. The van der Waals surface area contributed by atoms with E-state index in [0.29, 0.717) is 44.1 Å². The second-order valence-corrected chi connectivity index (χ2v) is 19.9. The fraction of sp³-hybridized carbons (Fsp3) is 0.667. The van der Waals surface area contributed by atoms with Gasteiger partial charge in [-0.05, 0) is 121 Å². The van der Waals surface area contributed by atoms with Crippen LogP contribution in [0.5, 0.6) is 5.75 Å². The molecule has 4 saturated carbocycles. The van der Waals surface area contributed by atoms with E-state index in [1.54, 1.807) is 10.8 Å². The number of ether oxygens (including phenoxy) is 2. The van der Waals surface area contributed by atoms with Crippen LogP contribution in [-0.2, 0) is 20.9 Å². The van der Waals surface area contributed by atoms with Gasteiger partial charge >= 0.3 is 11.7 Å². The molecule has 58 heavy (non-hydrogen) atoms. The number of hydrogen-bond acceptors (Lipinski definition) is 12. The lowest BCUT2D eigenvalue weighted by Gasteiger charge is -2.63. The summed E-state index contributed by atoms with van der Waals surface area (Å²) in [4.78, 5) is 45.7. The van der Waals surface area contributed by atoms with E-state index in [1.807, 2.05) is 24.3 Å². The van der Waals surface area contributed by atoms with E-state index in [-0.39, 0.29) is 76.9 Å². The lowest BCUT2D eigenvalue weighted by atomic mass is 9.43. The maximum absolute atomic E-state index is 12.6. The van der Waals surface area contributed by atoms with Crippen molar-refractivity contribution in [3.05, 3.63) is 68.3 Å². The van der Waals surface area contributed by atoms with Gasteiger partial charge in [-0.25, -0.2) is 0 Å². The van der Waals surface area contributed by atoms with Crippen molar-refractivity contribution in [2.75, 3.05) is 18.9 Å². The number of carbonyl (C=O) groups excluding carboxylic acids is 1. The smallest absolute Gasteiger partial charge is 0.317 e. The number of aliphatic hydroxyl groups excluding tert-OH is 2. The largest absolute Gasteiger partial charge is 0.482 e. The summed E-state index contributed by atoms with van der Waals surface area (Å²) in [5.74, 6) is 1.11. The Bertz CT molecular complexity index is 1800. The minimum absolute atomic E-state index is 0.0157. The average Bonchev–Trinajstić information content (AvgIpc) is 3.55. The van der Waals surface area contributed by atoms with E-state index in [9.17, 15) is 45.1 Å². The summed E-state index contributed by atoms with van der Waals surface area (Å²) in [6.45, 7) is 7.62. The third-order valence-electron chi connectivity index (χ3n) is 14.3. The van der Waals surface area contributed by atoms with Gasteiger partial charge in [0, 0.05) is 36.1 Å². The highest BCUT2D eigenvalue weighted by Gasteiger charge is 2.65. The van der Waals surface area contributed by atoms with Gasteiger partial charge in [0.2, 0.25) is 5.91 Å². The van der Waals surface area contributed by atoms with E-state index in [2.05, 4.69) is 26.1 Å². The molecular formula is C42H57N3O11S2. The van der Waals surface area contributed by atoms with Crippen molar-refractivity contribution in [3.8, 4) is 5.75 Å². The Morgan fingerprint density at radius 1 is 0.983 bits per heavy atom. The van der Waals surface area contributed by atoms with Gasteiger partial charge in [-0.2, -0.15) is 0 Å². The Hall–Kier alpha value is -3.44. The van der Waals surface area contributed by atoms with E-state index in [0.717, 1.165) is 61.1 Å². The minimum Gasteiger partial charge on any atom is -0.482 e. The first-order valence-corrected chi connectivity index (χ1v) is 22.8. The highest BCUT2D eigenvalue weighted by Crippen LogP contribution is 2.68. The topological polar surface area (TPSA) is 212 Å². The van der Waals surface area contributed by atoms with E-state index >= 15 is 0 Å². The molecule has 6 rings (SSSR count). The van der Waals surface area contributed by atoms with Crippen LogP contribution in [-0.4, -0.2) is 74.3 Å². The third kappa shape index (κ3) is 9.61. The van der Waals surface area contributed by atoms with Crippen molar-refractivity contribution >= 4 is 44.8 Å². The summed E-state index contributed by atoms with van der Waals surface area (Å²) < 4.78 is 11.9. The van der Waals surface area contributed by atoms with Gasteiger partial charge in [0.1, 0.15) is 6.61 Å². The number of amides is 1. The quantitative estimate of drug-likeness (QED) is 0.0489. The van der Waals surface area contributed by atoms with Gasteiger partial charge in [0.15, 0.2) is 5.75 Å². The predicted molar refractivity (Wildman–Crippen MR) is 220 cm³/mol. The normalized spacial score (nSPS) is 31.9. The van der Waals surface area contributed by atoms with Crippen molar-refractivity contribution in [1.29, 1.82) is 0 Å². The van der Waals surface area contributed by atoms with Crippen molar-refractivity contribution in [1.82, 2.24) is 5.32 Å². The Kier molecular flexibility index (Phi) is 14.4. The van der Waals surface area contributed by atoms with Crippen molar-refractivity contribution in [2.45, 2.75) is 115 Å². The summed E-state index contributed by atoms with van der Waals surface area (Å²) in [6.07, 6.45) is 6.41. The number of carboxylic acids is 1. The molecule has 318 valence electrons. The second-order valence-electron chi connectivity index (χ2n) is 17.4. The first kappa shape index (κ1) is 44.1. The number of nitrogens with zero attached hydrogens (tertiary/aromatic N) is 2. The molecule has 0 aliphatic heterocycles. The molecule has 0 saturated heterocycles. The molecule has 4 N–H and O–H groups in total. The molecular weight excluding hydrogens is 787 g/mol. The number of carboxylic acid groups (broad SMARTS) is 1. The van der Waals surface area contributed by atoms with Crippen LogP contribution in [0.15, 0.2) is 47.4 Å². The standard InChI is InChI=1S/C42H57N3O11S2/c1-25(4-13-39(49)50)31-10-11-32-40-33(23-37(47)42(31,32)3)41(2)16-14-29(20-27(41)21-35(40)46)55-18-17-43-38(48)15-19-57-58-30-8-5-26(6-9-30)24-56-36-12-7-28(44(51)52)22-34(36)45(53)54/h5-9,12,22,25,27,29,31-33,35,37,40,46-47H,4,10-11,13-21,23-24H2,1-3H3,(H,43,48)(H,49,50)/t25-,27+,29-,31+,32+,33+,35-,37+,40+,41+,42-/m1/s1. The first-order valence-electron chi connectivity index (χ1n) is 20.5. The van der Waals surface area contributed by atoms with E-state index < -0.39 is 33.7 Å². The monoisotopic (exact) mass is 843 g/mol. The lowest BCUT2D eigenvalue weighted by Crippen LogP contribution is -2.62.